The van der Waals surface area contributed by atoms with E-state index >= 15 is 0 Å². The fraction of sp³-hybridized carbons (Fsp3) is 0.562. The second-order valence-electron chi connectivity index (χ2n) is 6.30. The van der Waals surface area contributed by atoms with E-state index in [2.05, 4.69) is 45.3 Å². The Kier molecular flexibility index (Phi) is 6.65. The van der Waals surface area contributed by atoms with Crippen LogP contribution in [0.5, 0.6) is 5.75 Å². The summed E-state index contributed by atoms with van der Waals surface area (Å²) in [4.78, 5) is 14.4. The number of methoxy groups -OCH3 is 1. The maximum Gasteiger partial charge on any atom is 0.319 e. The number of hydrogen-bond acceptors (Lipinski definition) is 4. The first-order valence-corrected chi connectivity index (χ1v) is 10.1. The first kappa shape index (κ1) is 19.2. The van der Waals surface area contributed by atoms with Crippen molar-refractivity contribution in [3.63, 3.8) is 0 Å². The molecule has 1 aliphatic heterocycles. The van der Waals surface area contributed by atoms with Gasteiger partial charge in [0.05, 0.1) is 11.6 Å². The van der Waals surface area contributed by atoms with Crippen LogP contribution in [0, 0.1) is 0 Å². The van der Waals surface area contributed by atoms with Crippen molar-refractivity contribution in [1.82, 2.24) is 10.2 Å². The summed E-state index contributed by atoms with van der Waals surface area (Å²) in [6.07, 6.45) is 0. The molecule has 0 aliphatic carbocycles. The summed E-state index contributed by atoms with van der Waals surface area (Å²) in [5.74, 6) is 2.12. The third-order valence-corrected chi connectivity index (χ3v) is 6.02. The lowest BCUT2D eigenvalue weighted by molar-refractivity contribution is 0.133. The van der Waals surface area contributed by atoms with Crippen LogP contribution in [0.2, 0.25) is 0 Å². The van der Waals surface area contributed by atoms with Crippen LogP contribution in [-0.2, 0) is 10.8 Å². The van der Waals surface area contributed by atoms with Crippen molar-refractivity contribution in [2.24, 2.45) is 0 Å². The van der Waals surface area contributed by atoms with Crippen molar-refractivity contribution < 1.29 is 13.7 Å². The molecule has 0 atom stereocenters. The molecule has 0 spiro atoms. The van der Waals surface area contributed by atoms with Gasteiger partial charge in [0, 0.05) is 53.2 Å². The lowest BCUT2D eigenvalue weighted by Gasteiger charge is -2.40. The molecule has 2 N–H and O–H groups in total. The monoisotopic (exact) mass is 417 g/mol. The molecule has 1 saturated heterocycles. The number of carbonyl (C=O) groups excluding carboxylic acids is 1. The van der Waals surface area contributed by atoms with Crippen molar-refractivity contribution in [3.8, 4) is 5.75 Å². The number of urea groups is 1. The minimum atomic E-state index is -0.696. The third-order valence-electron chi connectivity index (χ3n) is 4.13. The van der Waals surface area contributed by atoms with Gasteiger partial charge >= 0.3 is 6.03 Å². The Balaban J connectivity index is 1.86. The average molecular weight is 418 g/mol. The molecular weight excluding hydrogens is 394 g/mol. The molecule has 2 amide bonds. The van der Waals surface area contributed by atoms with Gasteiger partial charge in [-0.05, 0) is 48.0 Å². The van der Waals surface area contributed by atoms with Crippen LogP contribution < -0.4 is 15.4 Å². The maximum atomic E-state index is 12.1. The van der Waals surface area contributed by atoms with Crippen LogP contribution in [0.25, 0.3) is 0 Å². The normalized spacial score (nSPS) is 16.7. The Morgan fingerprint density at radius 2 is 2.04 bits per heavy atom. The van der Waals surface area contributed by atoms with Crippen molar-refractivity contribution >= 4 is 38.4 Å². The van der Waals surface area contributed by atoms with Gasteiger partial charge in [0.1, 0.15) is 5.75 Å². The number of rotatable bonds is 5. The molecule has 0 unspecified atom stereocenters. The predicted molar refractivity (Wildman–Crippen MR) is 101 cm³/mol. The van der Waals surface area contributed by atoms with Crippen LogP contribution in [0.1, 0.15) is 13.8 Å². The number of amides is 2. The summed E-state index contributed by atoms with van der Waals surface area (Å²) >= 11 is 3.40. The smallest absolute Gasteiger partial charge is 0.319 e. The summed E-state index contributed by atoms with van der Waals surface area (Å²) in [6.45, 7) is 6.29. The lowest BCUT2D eigenvalue weighted by Crippen LogP contribution is -2.56. The number of ether oxygens (including phenoxy) is 1. The van der Waals surface area contributed by atoms with E-state index < -0.39 is 10.8 Å². The van der Waals surface area contributed by atoms with E-state index in [1.165, 1.54) is 0 Å². The summed E-state index contributed by atoms with van der Waals surface area (Å²) in [5, 5.41) is 5.73. The number of nitrogens with one attached hydrogen (secondary N) is 2. The molecule has 24 heavy (non-hydrogen) atoms. The summed E-state index contributed by atoms with van der Waals surface area (Å²) in [7, 11) is 0.899. The lowest BCUT2D eigenvalue weighted by atomic mass is 10.0. The second-order valence-corrected chi connectivity index (χ2v) is 8.86. The van der Waals surface area contributed by atoms with E-state index in [0.29, 0.717) is 29.5 Å². The van der Waals surface area contributed by atoms with Gasteiger partial charge in [-0.1, -0.05) is 0 Å². The fourth-order valence-electron chi connectivity index (χ4n) is 2.57. The molecule has 1 heterocycles. The SMILES string of the molecule is COc1ccc(NC(=O)NCC(C)(C)N2CCS(=O)CC2)cc1Br. The molecule has 0 bridgehead atoms. The summed E-state index contributed by atoms with van der Waals surface area (Å²) in [6, 6.07) is 5.12. The molecule has 8 heteroatoms. The molecular formula is C16H24BrN3O3S. The number of hydrogen-bond donors (Lipinski definition) is 2. The quantitative estimate of drug-likeness (QED) is 0.771. The van der Waals surface area contributed by atoms with E-state index in [4.69, 9.17) is 4.74 Å². The van der Waals surface area contributed by atoms with Crippen LogP contribution in [0.3, 0.4) is 0 Å². The van der Waals surface area contributed by atoms with Gasteiger partial charge in [0.2, 0.25) is 0 Å². The molecule has 0 aromatic heterocycles. The molecule has 1 aromatic carbocycles. The highest BCUT2D eigenvalue weighted by Crippen LogP contribution is 2.27. The van der Waals surface area contributed by atoms with E-state index in [9.17, 15) is 9.00 Å². The molecule has 134 valence electrons. The van der Waals surface area contributed by atoms with Crippen LogP contribution >= 0.6 is 15.9 Å². The first-order chi connectivity index (χ1) is 11.3. The Hall–Kier alpha value is -1.12. The Morgan fingerprint density at radius 3 is 2.62 bits per heavy atom. The van der Waals surface area contributed by atoms with Crippen LogP contribution in [0.4, 0.5) is 10.5 Å². The Labute approximate surface area is 153 Å². The number of anilines is 1. The van der Waals surface area contributed by atoms with E-state index in [1.54, 1.807) is 25.3 Å². The molecule has 2 rings (SSSR count). The largest absolute Gasteiger partial charge is 0.496 e. The second kappa shape index (κ2) is 8.31. The molecule has 1 aromatic rings. The topological polar surface area (TPSA) is 70.7 Å². The third kappa shape index (κ3) is 5.19. The number of nitrogens with zero attached hydrogens (tertiary/aromatic N) is 1. The highest BCUT2D eigenvalue weighted by molar-refractivity contribution is 9.10. The fourth-order valence-corrected chi connectivity index (χ4v) is 4.16. The first-order valence-electron chi connectivity index (χ1n) is 7.80. The predicted octanol–water partition coefficient (Wildman–Crippen LogP) is 2.42. The van der Waals surface area contributed by atoms with E-state index in [-0.39, 0.29) is 11.6 Å². The zero-order valence-electron chi connectivity index (χ0n) is 14.2. The van der Waals surface area contributed by atoms with Crippen molar-refractivity contribution in [2.75, 3.05) is 43.6 Å². The summed E-state index contributed by atoms with van der Waals surface area (Å²) in [5.41, 5.74) is 0.508. The molecule has 0 radical (unpaired) electrons. The van der Waals surface area contributed by atoms with Gasteiger partial charge in [-0.15, -0.1) is 0 Å². The van der Waals surface area contributed by atoms with Crippen LogP contribution in [0.15, 0.2) is 22.7 Å². The molecule has 1 aliphatic rings. The molecule has 1 fully saturated rings. The molecule has 6 nitrogen and oxygen atoms in total. The van der Waals surface area contributed by atoms with Gasteiger partial charge < -0.3 is 15.4 Å². The maximum absolute atomic E-state index is 12.1. The average Bonchev–Trinajstić information content (AvgIpc) is 2.54. The van der Waals surface area contributed by atoms with Gasteiger partial charge in [-0.2, -0.15) is 0 Å². The van der Waals surface area contributed by atoms with Gasteiger partial charge in [0.25, 0.3) is 0 Å². The Morgan fingerprint density at radius 1 is 1.38 bits per heavy atom. The zero-order valence-corrected chi connectivity index (χ0v) is 16.6. The highest BCUT2D eigenvalue weighted by Gasteiger charge is 2.29. The zero-order chi connectivity index (χ0) is 17.7. The van der Waals surface area contributed by atoms with Gasteiger partial charge in [0.15, 0.2) is 0 Å². The van der Waals surface area contributed by atoms with Crippen molar-refractivity contribution in [2.45, 2.75) is 19.4 Å². The van der Waals surface area contributed by atoms with Gasteiger partial charge in [-0.3, -0.25) is 9.11 Å². The minimum Gasteiger partial charge on any atom is -0.496 e. The standard InChI is InChI=1S/C16H24BrN3O3S/c1-16(2,20-6-8-24(22)9-7-20)11-18-15(21)19-12-4-5-14(23-3)13(17)10-12/h4-5,10H,6-9,11H2,1-3H3,(H2,18,19,21). The van der Waals surface area contributed by atoms with Gasteiger partial charge in [-0.25, -0.2) is 4.79 Å². The number of carbonyl (C=O) groups is 1. The van der Waals surface area contributed by atoms with Crippen molar-refractivity contribution in [3.05, 3.63) is 22.7 Å². The number of halogens is 1. The highest BCUT2D eigenvalue weighted by atomic mass is 79.9. The minimum absolute atomic E-state index is 0.178. The van der Waals surface area contributed by atoms with Crippen molar-refractivity contribution in [1.29, 1.82) is 0 Å². The molecule has 0 saturated carbocycles. The Bertz CT molecular complexity index is 615. The van der Waals surface area contributed by atoms with E-state index in [0.717, 1.165) is 17.6 Å². The van der Waals surface area contributed by atoms with E-state index in [1.807, 2.05) is 0 Å². The summed E-state index contributed by atoms with van der Waals surface area (Å²) < 4.78 is 17.4. The number of benzene rings is 1. The van der Waals surface area contributed by atoms with Crippen LogP contribution in [-0.4, -0.2) is 58.9 Å².